The third-order valence-corrected chi connectivity index (χ3v) is 1.87. The van der Waals surface area contributed by atoms with E-state index in [4.69, 9.17) is 4.84 Å². The Morgan fingerprint density at radius 3 is 2.27 bits per heavy atom. The van der Waals surface area contributed by atoms with Crippen molar-refractivity contribution in [1.29, 1.82) is 0 Å². The summed E-state index contributed by atoms with van der Waals surface area (Å²) in [6.07, 6.45) is 1.89. The van der Waals surface area contributed by atoms with Crippen LogP contribution in [-0.4, -0.2) is 7.11 Å². The lowest BCUT2D eigenvalue weighted by atomic mass is 10.2. The molecule has 0 aliphatic heterocycles. The fourth-order valence-corrected chi connectivity index (χ4v) is 1.29. The number of pyridine rings is 1. The minimum Gasteiger partial charge on any atom is -1.00 e. The van der Waals surface area contributed by atoms with E-state index >= 15 is 0 Å². The zero-order valence-corrected chi connectivity index (χ0v) is 10.5. The number of halogens is 3. The Bertz CT molecular complexity index is 403. The molecule has 0 radical (unpaired) electrons. The molecule has 2 aromatic rings. The summed E-state index contributed by atoms with van der Waals surface area (Å²) in [5, 5.41) is 1.18. The summed E-state index contributed by atoms with van der Waals surface area (Å²) >= 11 is 0. The van der Waals surface area contributed by atoms with Crippen LogP contribution < -0.4 is 22.0 Å². The Kier molecular flexibility index (Phi) is 8.44. The second kappa shape index (κ2) is 7.57. The van der Waals surface area contributed by atoms with E-state index in [-0.39, 0.29) is 37.2 Å². The molecule has 1 aromatic carbocycles. The molecule has 1 heterocycles. The van der Waals surface area contributed by atoms with Crippen LogP contribution in [-0.2, 0) is 0 Å². The first-order valence-electron chi connectivity index (χ1n) is 3.86. The fraction of sp³-hybridized carbons (Fsp3) is 0.100. The summed E-state index contributed by atoms with van der Waals surface area (Å²) in [4.78, 5) is 5.14. The molecule has 5 heteroatoms. The van der Waals surface area contributed by atoms with Crippen molar-refractivity contribution in [3.63, 3.8) is 0 Å². The van der Waals surface area contributed by atoms with Crippen LogP contribution in [0.15, 0.2) is 42.6 Å². The highest BCUT2D eigenvalue weighted by Crippen LogP contribution is 2.06. The second-order valence-corrected chi connectivity index (χ2v) is 2.58. The average Bonchev–Trinajstić information content (AvgIpc) is 2.17. The second-order valence-electron chi connectivity index (χ2n) is 2.58. The lowest BCUT2D eigenvalue weighted by molar-refractivity contribution is -0.865. The largest absolute Gasteiger partial charge is 1.00 e. The molecule has 0 saturated carbocycles. The van der Waals surface area contributed by atoms with Gasteiger partial charge in [-0.1, -0.05) is 12.1 Å². The Balaban J connectivity index is 0. The number of aromatic nitrogens is 1. The number of hydrogen-bond acceptors (Lipinski definition) is 1. The first-order chi connectivity index (χ1) is 5.92. The third-order valence-electron chi connectivity index (χ3n) is 1.87. The number of fused-ring (bicyclic) bond motifs is 1. The monoisotopic (exact) mass is 267 g/mol. The van der Waals surface area contributed by atoms with Crippen molar-refractivity contribution >= 4 is 35.7 Å². The normalized spacial score (nSPS) is 8.07. The highest BCUT2D eigenvalue weighted by Gasteiger charge is 2.05. The molecular formula is C10H12Cl3NO. The van der Waals surface area contributed by atoms with E-state index in [0.717, 1.165) is 5.52 Å². The van der Waals surface area contributed by atoms with Crippen molar-refractivity contribution in [3.8, 4) is 0 Å². The maximum absolute atomic E-state index is 5.14. The van der Waals surface area contributed by atoms with Gasteiger partial charge in [-0.3, -0.25) is 4.84 Å². The smallest absolute Gasteiger partial charge is 0.264 e. The summed E-state index contributed by atoms with van der Waals surface area (Å²) in [5.41, 5.74) is 1.09. The van der Waals surface area contributed by atoms with Crippen molar-refractivity contribution in [1.82, 2.24) is 0 Å². The van der Waals surface area contributed by atoms with E-state index in [2.05, 4.69) is 12.1 Å². The molecule has 1 aromatic heterocycles. The van der Waals surface area contributed by atoms with Crippen LogP contribution in [0, 0.1) is 0 Å². The lowest BCUT2D eigenvalue weighted by Gasteiger charge is -1.94. The van der Waals surface area contributed by atoms with Crippen molar-refractivity contribution in [2.24, 2.45) is 0 Å². The van der Waals surface area contributed by atoms with Crippen LogP contribution in [0.25, 0.3) is 10.9 Å². The van der Waals surface area contributed by atoms with E-state index in [1.165, 1.54) is 5.39 Å². The van der Waals surface area contributed by atoms with Crippen LogP contribution in [0.1, 0.15) is 0 Å². The predicted octanol–water partition coefficient (Wildman–Crippen LogP) is -0.967. The summed E-state index contributed by atoms with van der Waals surface area (Å²) < 4.78 is 1.75. The summed E-state index contributed by atoms with van der Waals surface area (Å²) in [6.45, 7) is 0. The maximum atomic E-state index is 5.14. The Morgan fingerprint density at radius 2 is 1.60 bits per heavy atom. The van der Waals surface area contributed by atoms with Gasteiger partial charge in [0.05, 0.1) is 5.39 Å². The highest BCUT2D eigenvalue weighted by atomic mass is 35.5. The van der Waals surface area contributed by atoms with Gasteiger partial charge in [-0.05, 0) is 12.1 Å². The van der Waals surface area contributed by atoms with Gasteiger partial charge in [0, 0.05) is 16.9 Å². The highest BCUT2D eigenvalue weighted by molar-refractivity contribution is 5.85. The number of hydrogen-bond donors (Lipinski definition) is 0. The van der Waals surface area contributed by atoms with Gasteiger partial charge >= 0.3 is 0 Å². The van der Waals surface area contributed by atoms with E-state index in [9.17, 15) is 0 Å². The molecule has 0 spiro atoms. The zero-order valence-electron chi connectivity index (χ0n) is 8.09. The molecule has 0 atom stereocenters. The number of nitrogens with zero attached hydrogens (tertiary/aromatic N) is 1. The molecule has 0 fully saturated rings. The molecule has 0 aliphatic rings. The van der Waals surface area contributed by atoms with Crippen molar-refractivity contribution in [2.75, 3.05) is 7.11 Å². The lowest BCUT2D eigenvalue weighted by Crippen LogP contribution is -3.00. The Labute approximate surface area is 107 Å². The molecule has 0 unspecified atom stereocenters. The summed E-state index contributed by atoms with van der Waals surface area (Å²) in [7, 11) is 1.66. The average molecular weight is 269 g/mol. The molecule has 2 nitrogen and oxygen atoms in total. The molecule has 15 heavy (non-hydrogen) atoms. The Morgan fingerprint density at radius 1 is 1.00 bits per heavy atom. The molecule has 0 bridgehead atoms. The van der Waals surface area contributed by atoms with Crippen LogP contribution >= 0.6 is 24.8 Å². The minimum absolute atomic E-state index is 0. The SMILES string of the molecule is CO[n+]1cccc2ccccc21.Cl.Cl.[Cl-]. The van der Waals surface area contributed by atoms with Gasteiger partial charge < -0.3 is 12.4 Å². The fourth-order valence-electron chi connectivity index (χ4n) is 1.29. The van der Waals surface area contributed by atoms with E-state index in [1.807, 2.05) is 30.5 Å². The number of para-hydroxylation sites is 1. The maximum Gasteiger partial charge on any atom is 0.264 e. The van der Waals surface area contributed by atoms with Crippen molar-refractivity contribution in [2.45, 2.75) is 0 Å². The van der Waals surface area contributed by atoms with Gasteiger partial charge in [0.15, 0.2) is 0 Å². The van der Waals surface area contributed by atoms with Gasteiger partial charge in [0.2, 0.25) is 6.20 Å². The molecular weight excluding hydrogens is 256 g/mol. The van der Waals surface area contributed by atoms with Crippen LogP contribution in [0.2, 0.25) is 0 Å². The third kappa shape index (κ3) is 3.42. The summed E-state index contributed by atoms with van der Waals surface area (Å²) in [6, 6.07) is 12.1. The number of benzene rings is 1. The predicted molar refractivity (Wildman–Crippen MR) is 61.1 cm³/mol. The number of rotatable bonds is 1. The first kappa shape index (κ1) is 16.7. The first-order valence-corrected chi connectivity index (χ1v) is 3.86. The quantitative estimate of drug-likeness (QED) is 0.607. The van der Waals surface area contributed by atoms with Crippen LogP contribution in [0.5, 0.6) is 0 Å². The minimum atomic E-state index is 0. The molecule has 84 valence electrons. The molecule has 0 amide bonds. The van der Waals surface area contributed by atoms with E-state index < -0.39 is 0 Å². The van der Waals surface area contributed by atoms with Crippen LogP contribution in [0.3, 0.4) is 0 Å². The Hall–Kier alpha value is -0.700. The standard InChI is InChI=1S/C10H10NO.3ClH/c1-12-11-8-4-6-9-5-2-3-7-10(9)11;;;/h2-8H,1H3;3*1H/q+1;;;/p-1. The zero-order chi connectivity index (χ0) is 8.39. The molecule has 0 aliphatic carbocycles. The van der Waals surface area contributed by atoms with Gasteiger partial charge in [0.1, 0.15) is 7.11 Å². The van der Waals surface area contributed by atoms with Gasteiger partial charge in [-0.2, -0.15) is 0 Å². The molecule has 0 saturated heterocycles. The molecule has 0 N–H and O–H groups in total. The van der Waals surface area contributed by atoms with Gasteiger partial charge in [-0.15, -0.1) is 24.8 Å². The topological polar surface area (TPSA) is 13.1 Å². The van der Waals surface area contributed by atoms with Crippen molar-refractivity contribution in [3.05, 3.63) is 42.6 Å². The van der Waals surface area contributed by atoms with Crippen molar-refractivity contribution < 1.29 is 22.0 Å². The van der Waals surface area contributed by atoms with E-state index in [0.29, 0.717) is 0 Å². The van der Waals surface area contributed by atoms with E-state index in [1.54, 1.807) is 11.8 Å². The molecule has 2 rings (SSSR count). The van der Waals surface area contributed by atoms with Crippen LogP contribution in [0.4, 0.5) is 0 Å². The van der Waals surface area contributed by atoms with Gasteiger partial charge in [-0.25, -0.2) is 0 Å². The van der Waals surface area contributed by atoms with Gasteiger partial charge in [0.25, 0.3) is 5.52 Å². The summed E-state index contributed by atoms with van der Waals surface area (Å²) in [5.74, 6) is 0.